The first-order valence-electron chi connectivity index (χ1n) is 11.1. The summed E-state index contributed by atoms with van der Waals surface area (Å²) in [6, 6.07) is 19.9. The van der Waals surface area contributed by atoms with E-state index >= 15 is 0 Å². The maximum atomic E-state index is 6.26. The highest BCUT2D eigenvalue weighted by Crippen LogP contribution is 2.37. The summed E-state index contributed by atoms with van der Waals surface area (Å²) in [7, 11) is 0. The van der Waals surface area contributed by atoms with Crippen LogP contribution in [0.2, 0.25) is 5.02 Å². The van der Waals surface area contributed by atoms with Gasteiger partial charge in [0.25, 0.3) is 0 Å². The molecule has 0 saturated heterocycles. The number of rotatable bonds is 11. The van der Waals surface area contributed by atoms with E-state index in [4.69, 9.17) is 21.1 Å². The molecule has 172 valence electrons. The van der Waals surface area contributed by atoms with Crippen LogP contribution < -0.4 is 14.8 Å². The number of aryl methyl sites for hydroxylation is 1. The Balaban J connectivity index is 1.32. The third-order valence-corrected chi connectivity index (χ3v) is 6.19. The van der Waals surface area contributed by atoms with E-state index in [0.29, 0.717) is 24.0 Å². The maximum Gasteiger partial charge on any atom is 0.175 e. The van der Waals surface area contributed by atoms with Gasteiger partial charge >= 0.3 is 0 Å². The molecule has 1 heterocycles. The fraction of sp³-hybridized carbons (Fsp3) is 0.269. The Bertz CT molecular complexity index is 1180. The van der Waals surface area contributed by atoms with E-state index in [2.05, 4.69) is 43.3 Å². The number of aromatic amines is 1. The lowest BCUT2D eigenvalue weighted by molar-refractivity contribution is 0.267. The third kappa shape index (κ3) is 6.28. The standard InChI is InChI=1S/C26H27BrClN3O2/c1-2-32-24-15-18(14-20(27)26(24)33-17-19-8-3-4-9-21(19)28)16-29-13-7-12-25-30-22-10-5-6-11-23(22)31-25/h3-6,8-11,14-15,29H,2,7,12-13,16-17H2,1H3,(H,30,31). The Morgan fingerprint density at radius 2 is 1.88 bits per heavy atom. The first kappa shape index (κ1) is 23.6. The van der Waals surface area contributed by atoms with Crippen LogP contribution in [0.15, 0.2) is 65.1 Å². The van der Waals surface area contributed by atoms with Gasteiger partial charge in [0, 0.05) is 23.6 Å². The summed E-state index contributed by atoms with van der Waals surface area (Å²) in [6.07, 6.45) is 1.91. The maximum absolute atomic E-state index is 6.26. The van der Waals surface area contributed by atoms with Gasteiger partial charge in [-0.1, -0.05) is 41.9 Å². The van der Waals surface area contributed by atoms with Crippen LogP contribution in [-0.2, 0) is 19.6 Å². The van der Waals surface area contributed by atoms with Gasteiger partial charge in [-0.15, -0.1) is 0 Å². The number of fused-ring (bicyclic) bond motifs is 1. The van der Waals surface area contributed by atoms with Gasteiger partial charge in [0.05, 0.1) is 22.1 Å². The highest BCUT2D eigenvalue weighted by molar-refractivity contribution is 9.10. The number of aromatic nitrogens is 2. The number of nitrogens with zero attached hydrogens (tertiary/aromatic N) is 1. The first-order chi connectivity index (χ1) is 16.1. The molecular weight excluding hydrogens is 502 g/mol. The van der Waals surface area contributed by atoms with Crippen LogP contribution in [0.3, 0.4) is 0 Å². The molecule has 0 aliphatic carbocycles. The van der Waals surface area contributed by atoms with E-state index in [0.717, 1.165) is 64.1 Å². The lowest BCUT2D eigenvalue weighted by Crippen LogP contribution is -2.15. The molecule has 0 spiro atoms. The van der Waals surface area contributed by atoms with Crippen molar-refractivity contribution in [2.75, 3.05) is 13.2 Å². The van der Waals surface area contributed by atoms with Gasteiger partial charge in [-0.3, -0.25) is 0 Å². The molecule has 0 atom stereocenters. The minimum atomic E-state index is 0.373. The molecule has 33 heavy (non-hydrogen) atoms. The molecule has 5 nitrogen and oxygen atoms in total. The number of H-pyrrole nitrogens is 1. The number of imidazole rings is 1. The number of para-hydroxylation sites is 2. The van der Waals surface area contributed by atoms with Crippen LogP contribution in [0.4, 0.5) is 0 Å². The highest BCUT2D eigenvalue weighted by Gasteiger charge is 2.13. The Labute approximate surface area is 207 Å². The van der Waals surface area contributed by atoms with Crippen molar-refractivity contribution in [3.63, 3.8) is 0 Å². The molecule has 0 fully saturated rings. The zero-order chi connectivity index (χ0) is 23.0. The van der Waals surface area contributed by atoms with E-state index in [1.165, 1.54) is 0 Å². The Morgan fingerprint density at radius 3 is 2.70 bits per heavy atom. The summed E-state index contributed by atoms with van der Waals surface area (Å²) in [4.78, 5) is 8.02. The number of hydrogen-bond donors (Lipinski definition) is 2. The molecule has 3 aromatic carbocycles. The molecule has 4 aromatic rings. The zero-order valence-corrected chi connectivity index (χ0v) is 20.9. The monoisotopic (exact) mass is 527 g/mol. The van der Waals surface area contributed by atoms with Gasteiger partial charge in [-0.2, -0.15) is 0 Å². The van der Waals surface area contributed by atoms with Crippen LogP contribution in [0.25, 0.3) is 11.0 Å². The van der Waals surface area contributed by atoms with Crippen molar-refractivity contribution in [2.24, 2.45) is 0 Å². The first-order valence-corrected chi connectivity index (χ1v) is 12.3. The van der Waals surface area contributed by atoms with Crippen molar-refractivity contribution in [3.05, 3.63) is 87.1 Å². The molecular formula is C26H27BrClN3O2. The smallest absolute Gasteiger partial charge is 0.175 e. The van der Waals surface area contributed by atoms with E-state index in [1.807, 2.05) is 55.5 Å². The van der Waals surface area contributed by atoms with Crippen molar-refractivity contribution in [3.8, 4) is 11.5 Å². The molecule has 0 radical (unpaired) electrons. The number of nitrogens with one attached hydrogen (secondary N) is 2. The van der Waals surface area contributed by atoms with Crippen molar-refractivity contribution in [1.82, 2.24) is 15.3 Å². The van der Waals surface area contributed by atoms with E-state index < -0.39 is 0 Å². The number of halogens is 2. The van der Waals surface area contributed by atoms with E-state index in [1.54, 1.807) is 0 Å². The average molecular weight is 529 g/mol. The van der Waals surface area contributed by atoms with Crippen LogP contribution in [0.1, 0.15) is 30.3 Å². The van der Waals surface area contributed by atoms with E-state index in [9.17, 15) is 0 Å². The molecule has 0 amide bonds. The minimum Gasteiger partial charge on any atom is -0.490 e. The Kier molecular flexibility index (Phi) is 8.26. The average Bonchev–Trinajstić information content (AvgIpc) is 3.22. The molecule has 2 N–H and O–H groups in total. The van der Waals surface area contributed by atoms with Crippen LogP contribution >= 0.6 is 27.5 Å². The fourth-order valence-corrected chi connectivity index (χ4v) is 4.42. The van der Waals surface area contributed by atoms with Crippen molar-refractivity contribution in [1.29, 1.82) is 0 Å². The largest absolute Gasteiger partial charge is 0.490 e. The second kappa shape index (κ2) is 11.5. The highest BCUT2D eigenvalue weighted by atomic mass is 79.9. The predicted molar refractivity (Wildman–Crippen MR) is 137 cm³/mol. The molecule has 0 aliphatic heterocycles. The normalized spacial score (nSPS) is 11.1. The van der Waals surface area contributed by atoms with Gasteiger partial charge in [0.15, 0.2) is 11.5 Å². The van der Waals surface area contributed by atoms with Gasteiger partial charge < -0.3 is 19.8 Å². The van der Waals surface area contributed by atoms with Gasteiger partial charge in [0.1, 0.15) is 12.4 Å². The van der Waals surface area contributed by atoms with Crippen molar-refractivity contribution in [2.45, 2.75) is 32.9 Å². The molecule has 0 bridgehead atoms. The zero-order valence-electron chi connectivity index (χ0n) is 18.5. The summed E-state index contributed by atoms with van der Waals surface area (Å²) in [5, 5.41) is 4.20. The minimum absolute atomic E-state index is 0.373. The quantitative estimate of drug-likeness (QED) is 0.213. The van der Waals surface area contributed by atoms with Gasteiger partial charge in [-0.25, -0.2) is 4.98 Å². The Hall–Kier alpha value is -2.54. The summed E-state index contributed by atoms with van der Waals surface area (Å²) in [6.45, 7) is 4.53. The van der Waals surface area contributed by atoms with Crippen LogP contribution in [0, 0.1) is 0 Å². The number of hydrogen-bond acceptors (Lipinski definition) is 4. The molecule has 1 aromatic heterocycles. The molecule has 0 saturated carbocycles. The lowest BCUT2D eigenvalue weighted by Gasteiger charge is -2.16. The summed E-state index contributed by atoms with van der Waals surface area (Å²) in [5.74, 6) is 2.43. The Morgan fingerprint density at radius 1 is 1.06 bits per heavy atom. The second-order valence-electron chi connectivity index (χ2n) is 7.70. The molecule has 0 unspecified atom stereocenters. The molecule has 4 rings (SSSR count). The lowest BCUT2D eigenvalue weighted by atomic mass is 10.2. The van der Waals surface area contributed by atoms with Crippen molar-refractivity contribution < 1.29 is 9.47 Å². The predicted octanol–water partition coefficient (Wildman–Crippen LogP) is 6.68. The topological polar surface area (TPSA) is 59.2 Å². The van der Waals surface area contributed by atoms with Gasteiger partial charge in [-0.05, 0) is 71.7 Å². The van der Waals surface area contributed by atoms with Gasteiger partial charge in [0.2, 0.25) is 0 Å². The third-order valence-electron chi connectivity index (χ3n) is 5.23. The summed E-state index contributed by atoms with van der Waals surface area (Å²) < 4.78 is 12.8. The summed E-state index contributed by atoms with van der Waals surface area (Å²) >= 11 is 9.91. The number of benzene rings is 3. The van der Waals surface area contributed by atoms with Crippen molar-refractivity contribution >= 4 is 38.6 Å². The summed E-state index contributed by atoms with van der Waals surface area (Å²) in [5.41, 5.74) is 4.17. The second-order valence-corrected chi connectivity index (χ2v) is 8.96. The van der Waals surface area contributed by atoms with Crippen LogP contribution in [0.5, 0.6) is 11.5 Å². The SMILES string of the molecule is CCOc1cc(CNCCCc2nc3ccccc3[nH]2)cc(Br)c1OCc1ccccc1Cl. The number of ether oxygens (including phenoxy) is 2. The van der Waals surface area contributed by atoms with E-state index in [-0.39, 0.29) is 0 Å². The molecule has 0 aliphatic rings. The molecule has 7 heteroatoms. The fourth-order valence-electron chi connectivity index (χ4n) is 3.63. The van der Waals surface area contributed by atoms with Crippen LogP contribution in [-0.4, -0.2) is 23.1 Å².